The molecule has 0 bridgehead atoms. The molecule has 0 aliphatic rings. The Morgan fingerprint density at radius 2 is 1.71 bits per heavy atom. The average molecular weight is 553 g/mol. The minimum atomic E-state index is -0.187. The number of ketones is 1. The van der Waals surface area contributed by atoms with Crippen molar-refractivity contribution >= 4 is 28.3 Å². The molecule has 0 aliphatic heterocycles. The van der Waals surface area contributed by atoms with Gasteiger partial charge in [0.25, 0.3) is 0 Å². The van der Waals surface area contributed by atoms with Crippen LogP contribution in [0.5, 0.6) is 0 Å². The van der Waals surface area contributed by atoms with Gasteiger partial charge in [-0.2, -0.15) is 0 Å². The van der Waals surface area contributed by atoms with Gasteiger partial charge in [0.05, 0.1) is 12.6 Å². The Kier molecular flexibility index (Phi) is 10.8. The van der Waals surface area contributed by atoms with E-state index >= 15 is 0 Å². The van der Waals surface area contributed by atoms with E-state index in [0.717, 1.165) is 42.3 Å². The molecule has 0 saturated carbocycles. The van der Waals surface area contributed by atoms with Crippen molar-refractivity contribution in [2.24, 2.45) is 5.92 Å². The first kappa shape index (κ1) is 30.1. The number of rotatable bonds is 15. The lowest BCUT2D eigenvalue weighted by Gasteiger charge is -2.21. The molecule has 4 rings (SSSR count). The van der Waals surface area contributed by atoms with Crippen LogP contribution in [0.3, 0.4) is 0 Å². The molecule has 0 radical (unpaired) electrons. The van der Waals surface area contributed by atoms with E-state index < -0.39 is 0 Å². The van der Waals surface area contributed by atoms with Crippen LogP contribution in [0.2, 0.25) is 0 Å². The maximum Gasteiger partial charge on any atom is 0.305 e. The van der Waals surface area contributed by atoms with E-state index in [4.69, 9.17) is 4.74 Å². The highest BCUT2D eigenvalue weighted by molar-refractivity contribution is 6.16. The fourth-order valence-corrected chi connectivity index (χ4v) is 5.43. The molecule has 0 fully saturated rings. The molecule has 1 atom stereocenters. The van der Waals surface area contributed by atoms with Crippen LogP contribution in [0.4, 0.5) is 5.69 Å². The highest BCUT2D eigenvalue weighted by atomic mass is 16.5. The number of fused-ring (bicyclic) bond motifs is 1. The van der Waals surface area contributed by atoms with Crippen molar-refractivity contribution in [1.29, 1.82) is 0 Å². The van der Waals surface area contributed by atoms with E-state index in [1.807, 2.05) is 61.7 Å². The van der Waals surface area contributed by atoms with Crippen LogP contribution < -0.4 is 5.32 Å². The van der Waals surface area contributed by atoms with Gasteiger partial charge >= 0.3 is 5.97 Å². The zero-order chi connectivity index (χ0) is 29.2. The number of carbonyl (C=O) groups is 2. The van der Waals surface area contributed by atoms with Crippen LogP contribution >= 0.6 is 0 Å². The second-order valence-corrected chi connectivity index (χ2v) is 11.3. The van der Waals surface area contributed by atoms with Crippen molar-refractivity contribution in [3.8, 4) is 0 Å². The average Bonchev–Trinajstić information content (AvgIpc) is 3.34. The predicted octanol–water partition coefficient (Wildman–Crippen LogP) is 8.76. The number of hydrogen-bond acceptors (Lipinski definition) is 4. The van der Waals surface area contributed by atoms with E-state index in [-0.39, 0.29) is 17.8 Å². The summed E-state index contributed by atoms with van der Waals surface area (Å²) in [6.07, 6.45) is 7.31. The van der Waals surface area contributed by atoms with Crippen LogP contribution in [-0.4, -0.2) is 22.9 Å². The van der Waals surface area contributed by atoms with Crippen molar-refractivity contribution in [2.45, 2.75) is 78.8 Å². The molecular formula is C36H44N2O3. The van der Waals surface area contributed by atoms with Gasteiger partial charge in [0, 0.05) is 46.9 Å². The Bertz CT molecular complexity index is 1440. The number of hydrogen-bond donors (Lipinski definition) is 1. The van der Waals surface area contributed by atoms with Crippen molar-refractivity contribution in [3.63, 3.8) is 0 Å². The fraction of sp³-hybridized carbons (Fsp3) is 0.389. The van der Waals surface area contributed by atoms with E-state index in [0.29, 0.717) is 43.0 Å². The van der Waals surface area contributed by atoms with E-state index in [9.17, 15) is 9.59 Å². The van der Waals surface area contributed by atoms with Gasteiger partial charge in [-0.15, -0.1) is 0 Å². The lowest BCUT2D eigenvalue weighted by atomic mass is 9.96. The summed E-state index contributed by atoms with van der Waals surface area (Å²) < 4.78 is 7.14. The summed E-state index contributed by atoms with van der Waals surface area (Å²) in [5.41, 5.74) is 5.92. The van der Waals surface area contributed by atoms with Crippen LogP contribution in [0.15, 0.2) is 79.0 Å². The Labute approximate surface area is 244 Å². The first-order chi connectivity index (χ1) is 19.9. The maximum atomic E-state index is 13.8. The lowest BCUT2D eigenvalue weighted by molar-refractivity contribution is -0.143. The van der Waals surface area contributed by atoms with Crippen molar-refractivity contribution < 1.29 is 14.3 Å². The topological polar surface area (TPSA) is 60.3 Å². The largest absolute Gasteiger partial charge is 0.466 e. The molecule has 0 spiro atoms. The molecule has 5 nitrogen and oxygen atoms in total. The van der Waals surface area contributed by atoms with E-state index in [1.165, 1.54) is 11.1 Å². The quantitative estimate of drug-likeness (QED) is 0.118. The number of unbranched alkanes of at least 4 members (excludes halogenated alkanes) is 1. The standard InChI is InChI=1S/C36H44N2O3/c1-5-7-15-33(28-20-18-27(19-21-28)23-26(3)4)37-30-13-10-12-29(24-30)36(40)32-25-38(22-11-17-35(39)41-6-2)34-16-9-8-14-31(32)34/h8-10,12-14,16,18-21,24-26,33,37H,5-7,11,15,17,22-23H2,1-4H3. The second-order valence-electron chi connectivity index (χ2n) is 11.3. The van der Waals surface area contributed by atoms with Crippen LogP contribution in [0.1, 0.15) is 92.9 Å². The molecule has 41 heavy (non-hydrogen) atoms. The summed E-state index contributed by atoms with van der Waals surface area (Å²) in [5.74, 6) is 0.444. The Hall–Kier alpha value is -3.86. The first-order valence-corrected chi connectivity index (χ1v) is 15.1. The number of benzene rings is 3. The maximum absolute atomic E-state index is 13.8. The Morgan fingerprint density at radius 1 is 0.927 bits per heavy atom. The molecule has 1 aromatic heterocycles. The summed E-state index contributed by atoms with van der Waals surface area (Å²) in [7, 11) is 0. The summed E-state index contributed by atoms with van der Waals surface area (Å²) in [6.45, 7) is 9.56. The second kappa shape index (κ2) is 14.7. The molecular weight excluding hydrogens is 508 g/mol. The summed E-state index contributed by atoms with van der Waals surface area (Å²) >= 11 is 0. The number of nitrogens with one attached hydrogen (secondary N) is 1. The molecule has 216 valence electrons. The number of anilines is 1. The van der Waals surface area contributed by atoms with Gasteiger partial charge in [-0.1, -0.05) is 88.2 Å². The smallest absolute Gasteiger partial charge is 0.305 e. The highest BCUT2D eigenvalue weighted by Crippen LogP contribution is 2.28. The normalized spacial score (nSPS) is 12.0. The van der Waals surface area contributed by atoms with Gasteiger partial charge in [0.1, 0.15) is 0 Å². The van der Waals surface area contributed by atoms with Gasteiger partial charge in [-0.3, -0.25) is 9.59 Å². The molecule has 1 N–H and O–H groups in total. The zero-order valence-corrected chi connectivity index (χ0v) is 25.0. The van der Waals surface area contributed by atoms with Gasteiger partial charge in [-0.25, -0.2) is 0 Å². The van der Waals surface area contributed by atoms with E-state index in [2.05, 4.69) is 54.9 Å². The minimum absolute atomic E-state index is 0.00265. The Morgan fingerprint density at radius 3 is 2.44 bits per heavy atom. The Balaban J connectivity index is 1.54. The molecule has 1 heterocycles. The number of esters is 1. The number of para-hydroxylation sites is 1. The minimum Gasteiger partial charge on any atom is -0.466 e. The summed E-state index contributed by atoms with van der Waals surface area (Å²) in [4.78, 5) is 25.6. The SMILES string of the molecule is CCCCC(Nc1cccc(C(=O)c2cn(CCCC(=O)OCC)c3ccccc23)c1)c1ccc(CC(C)C)cc1. The molecule has 5 heteroatoms. The summed E-state index contributed by atoms with van der Waals surface area (Å²) in [5, 5.41) is 4.65. The predicted molar refractivity (Wildman–Crippen MR) is 169 cm³/mol. The molecule has 3 aromatic carbocycles. The monoisotopic (exact) mass is 552 g/mol. The van der Waals surface area contributed by atoms with Gasteiger partial charge < -0.3 is 14.6 Å². The third-order valence-corrected chi connectivity index (χ3v) is 7.46. The third kappa shape index (κ3) is 8.09. The lowest BCUT2D eigenvalue weighted by Crippen LogP contribution is -2.12. The molecule has 0 aliphatic carbocycles. The summed E-state index contributed by atoms with van der Waals surface area (Å²) in [6, 6.07) is 25.0. The van der Waals surface area contributed by atoms with Crippen molar-refractivity contribution in [3.05, 3.63) is 101 Å². The fourth-order valence-electron chi connectivity index (χ4n) is 5.43. The van der Waals surface area contributed by atoms with Crippen LogP contribution in [-0.2, 0) is 22.5 Å². The number of aryl methyl sites for hydroxylation is 1. The van der Waals surface area contributed by atoms with Gasteiger partial charge in [-0.05, 0) is 61.4 Å². The van der Waals surface area contributed by atoms with Crippen LogP contribution in [0.25, 0.3) is 10.9 Å². The number of carbonyl (C=O) groups excluding carboxylic acids is 2. The number of aromatic nitrogens is 1. The van der Waals surface area contributed by atoms with Crippen LogP contribution in [0, 0.1) is 5.92 Å². The zero-order valence-electron chi connectivity index (χ0n) is 25.0. The number of nitrogens with zero attached hydrogens (tertiary/aromatic N) is 1. The van der Waals surface area contributed by atoms with Crippen molar-refractivity contribution in [2.75, 3.05) is 11.9 Å². The third-order valence-electron chi connectivity index (χ3n) is 7.46. The van der Waals surface area contributed by atoms with Gasteiger partial charge in [0.2, 0.25) is 0 Å². The number of ether oxygens (including phenoxy) is 1. The van der Waals surface area contributed by atoms with Crippen molar-refractivity contribution in [1.82, 2.24) is 4.57 Å². The molecule has 0 saturated heterocycles. The molecule has 1 unspecified atom stereocenters. The van der Waals surface area contributed by atoms with Gasteiger partial charge in [0.15, 0.2) is 5.78 Å². The molecule has 4 aromatic rings. The molecule has 0 amide bonds. The van der Waals surface area contributed by atoms with E-state index in [1.54, 1.807) is 0 Å². The highest BCUT2D eigenvalue weighted by Gasteiger charge is 2.18. The first-order valence-electron chi connectivity index (χ1n) is 15.1.